The summed E-state index contributed by atoms with van der Waals surface area (Å²) in [6.45, 7) is 0. The first-order chi connectivity index (χ1) is 4.86. The summed E-state index contributed by atoms with van der Waals surface area (Å²) in [5.74, 6) is 0. The molecule has 3 heteroatoms. The average Bonchev–Trinajstić information content (AvgIpc) is 2.05. The Hall–Kier alpha value is -0.955. The maximum Gasteiger partial charge on any atom is 0.326 e. The lowest BCUT2D eigenvalue weighted by atomic mass is 9.89. The average molecular weight is 134 g/mol. The Kier molecular flexibility index (Phi) is 2.34. The van der Waals surface area contributed by atoms with E-state index in [1.807, 2.05) is 31.3 Å². The van der Waals surface area contributed by atoms with Gasteiger partial charge in [0.1, 0.15) is 0 Å². The molecule has 51 valence electrons. The molecule has 0 aliphatic rings. The Morgan fingerprint density at radius 3 is 2.90 bits per heavy atom. The van der Waals surface area contributed by atoms with Crippen molar-refractivity contribution in [2.45, 2.75) is 0 Å². The van der Waals surface area contributed by atoms with E-state index in [4.69, 9.17) is 5.02 Å². The number of rotatable bonds is 2. The predicted octanol–water partition coefficient (Wildman–Crippen LogP) is -0.0349. The van der Waals surface area contributed by atoms with Crippen LogP contribution < -0.4 is 10.8 Å². The lowest BCUT2D eigenvalue weighted by Crippen LogP contribution is -2.12. The van der Waals surface area contributed by atoms with Crippen molar-refractivity contribution in [2.75, 3.05) is 12.4 Å². The van der Waals surface area contributed by atoms with Gasteiger partial charge in [0.15, 0.2) is 0 Å². The molecule has 2 N–H and O–H groups in total. The van der Waals surface area contributed by atoms with Crippen LogP contribution in [0.25, 0.3) is 0 Å². The molecule has 2 nitrogen and oxygen atoms in total. The molecule has 0 fully saturated rings. The minimum Gasteiger partial charge on any atom is -0.450 e. The SMILES string of the molecule is CNc1cccc([B]O)c1. The number of benzene rings is 1. The minimum atomic E-state index is 0.812. The van der Waals surface area contributed by atoms with Crippen molar-refractivity contribution in [3.05, 3.63) is 24.3 Å². The zero-order valence-electron chi connectivity index (χ0n) is 5.83. The Balaban J connectivity index is 2.87. The number of nitrogens with one attached hydrogen (secondary N) is 1. The smallest absolute Gasteiger partial charge is 0.326 e. The Morgan fingerprint density at radius 2 is 2.30 bits per heavy atom. The van der Waals surface area contributed by atoms with E-state index < -0.39 is 0 Å². The number of hydrogen-bond acceptors (Lipinski definition) is 2. The van der Waals surface area contributed by atoms with Crippen LogP contribution in [0.5, 0.6) is 0 Å². The molecule has 1 aromatic rings. The summed E-state index contributed by atoms with van der Waals surface area (Å²) in [5, 5.41) is 11.6. The fraction of sp³-hybridized carbons (Fsp3) is 0.143. The van der Waals surface area contributed by atoms with Crippen molar-refractivity contribution in [1.29, 1.82) is 0 Å². The van der Waals surface area contributed by atoms with Crippen molar-refractivity contribution in [3.8, 4) is 0 Å². The molecule has 1 aromatic carbocycles. The highest BCUT2D eigenvalue weighted by Crippen LogP contribution is 2.00. The van der Waals surface area contributed by atoms with Gasteiger partial charge in [0.05, 0.1) is 0 Å². The van der Waals surface area contributed by atoms with Crippen LogP contribution in [0.4, 0.5) is 5.69 Å². The summed E-state index contributed by atoms with van der Waals surface area (Å²) in [5.41, 5.74) is 1.81. The second kappa shape index (κ2) is 3.27. The fourth-order valence-electron chi connectivity index (χ4n) is 0.774. The third kappa shape index (κ3) is 1.51. The normalized spacial score (nSPS) is 9.00. The van der Waals surface area contributed by atoms with Crippen molar-refractivity contribution >= 4 is 18.6 Å². The fourth-order valence-corrected chi connectivity index (χ4v) is 0.774. The van der Waals surface area contributed by atoms with Crippen molar-refractivity contribution in [1.82, 2.24) is 0 Å². The van der Waals surface area contributed by atoms with Crippen LogP contribution in [0.15, 0.2) is 24.3 Å². The van der Waals surface area contributed by atoms with E-state index in [0.717, 1.165) is 18.6 Å². The highest BCUT2D eigenvalue weighted by molar-refractivity contribution is 6.45. The van der Waals surface area contributed by atoms with Gasteiger partial charge in [-0.1, -0.05) is 17.6 Å². The van der Waals surface area contributed by atoms with E-state index in [2.05, 4.69) is 5.32 Å². The third-order valence-electron chi connectivity index (χ3n) is 1.32. The van der Waals surface area contributed by atoms with Crippen molar-refractivity contribution in [2.24, 2.45) is 0 Å². The van der Waals surface area contributed by atoms with Gasteiger partial charge in [0, 0.05) is 12.7 Å². The van der Waals surface area contributed by atoms with Gasteiger partial charge in [-0.25, -0.2) is 0 Å². The Bertz CT molecular complexity index is 195. The standard InChI is InChI=1S/C7H9BNO/c1-9-7-4-2-3-6(5-7)8-10/h2-5,9-10H,1H3. The summed E-state index contributed by atoms with van der Waals surface area (Å²) >= 11 is 0. The van der Waals surface area contributed by atoms with Gasteiger partial charge in [0.2, 0.25) is 0 Å². The topological polar surface area (TPSA) is 32.3 Å². The van der Waals surface area contributed by atoms with Crippen LogP contribution in [0.3, 0.4) is 0 Å². The van der Waals surface area contributed by atoms with Crippen LogP contribution >= 0.6 is 0 Å². The molecule has 0 aromatic heterocycles. The molecule has 1 radical (unpaired) electrons. The van der Waals surface area contributed by atoms with E-state index >= 15 is 0 Å². The van der Waals surface area contributed by atoms with Gasteiger partial charge < -0.3 is 10.3 Å². The monoisotopic (exact) mass is 134 g/mol. The van der Waals surface area contributed by atoms with Crippen LogP contribution in [-0.4, -0.2) is 19.6 Å². The van der Waals surface area contributed by atoms with Crippen LogP contribution in [0, 0.1) is 0 Å². The molecular formula is C7H9BNO. The first-order valence-corrected chi connectivity index (χ1v) is 3.12. The Labute approximate surface area is 61.2 Å². The Morgan fingerprint density at radius 1 is 1.50 bits per heavy atom. The largest absolute Gasteiger partial charge is 0.450 e. The zero-order valence-corrected chi connectivity index (χ0v) is 5.83. The summed E-state index contributed by atoms with van der Waals surface area (Å²) in [4.78, 5) is 0. The van der Waals surface area contributed by atoms with E-state index in [-0.39, 0.29) is 0 Å². The quantitative estimate of drug-likeness (QED) is 0.556. The number of anilines is 1. The molecular weight excluding hydrogens is 125 g/mol. The summed E-state index contributed by atoms with van der Waals surface area (Å²) in [7, 11) is 2.93. The van der Waals surface area contributed by atoms with E-state index in [9.17, 15) is 0 Å². The second-order valence-electron chi connectivity index (χ2n) is 2.00. The predicted molar refractivity (Wildman–Crippen MR) is 43.6 cm³/mol. The highest BCUT2D eigenvalue weighted by atomic mass is 16.2. The van der Waals surface area contributed by atoms with Crippen LogP contribution in [0.1, 0.15) is 0 Å². The lowest BCUT2D eigenvalue weighted by molar-refractivity contribution is 0.615. The first kappa shape index (κ1) is 7.16. The molecule has 0 aliphatic carbocycles. The molecule has 1 rings (SSSR count). The van der Waals surface area contributed by atoms with Gasteiger partial charge in [-0.3, -0.25) is 0 Å². The van der Waals surface area contributed by atoms with Gasteiger partial charge in [-0.15, -0.1) is 0 Å². The molecule has 0 amide bonds. The maximum atomic E-state index is 8.60. The molecule has 0 atom stereocenters. The molecule has 0 aliphatic heterocycles. The maximum absolute atomic E-state index is 8.60. The van der Waals surface area contributed by atoms with E-state index in [1.54, 1.807) is 0 Å². The molecule has 0 saturated heterocycles. The van der Waals surface area contributed by atoms with Crippen molar-refractivity contribution < 1.29 is 5.02 Å². The third-order valence-corrected chi connectivity index (χ3v) is 1.32. The minimum absolute atomic E-state index is 0.812. The molecule has 0 spiro atoms. The molecule has 10 heavy (non-hydrogen) atoms. The van der Waals surface area contributed by atoms with Gasteiger partial charge in [0.25, 0.3) is 0 Å². The van der Waals surface area contributed by atoms with Crippen LogP contribution in [-0.2, 0) is 0 Å². The lowest BCUT2D eigenvalue weighted by Gasteiger charge is -1.99. The van der Waals surface area contributed by atoms with Crippen LogP contribution in [0.2, 0.25) is 0 Å². The summed E-state index contributed by atoms with van der Waals surface area (Å²) < 4.78 is 0. The molecule has 0 saturated carbocycles. The summed E-state index contributed by atoms with van der Waals surface area (Å²) in [6.07, 6.45) is 0. The first-order valence-electron chi connectivity index (χ1n) is 3.12. The molecule has 0 bridgehead atoms. The van der Waals surface area contributed by atoms with Gasteiger partial charge in [-0.2, -0.15) is 0 Å². The van der Waals surface area contributed by atoms with Crippen molar-refractivity contribution in [3.63, 3.8) is 0 Å². The van der Waals surface area contributed by atoms with E-state index in [0.29, 0.717) is 0 Å². The highest BCUT2D eigenvalue weighted by Gasteiger charge is 1.92. The summed E-state index contributed by atoms with van der Waals surface area (Å²) in [6, 6.07) is 7.52. The van der Waals surface area contributed by atoms with Gasteiger partial charge in [-0.05, 0) is 12.1 Å². The molecule has 0 heterocycles. The molecule has 0 unspecified atom stereocenters. The second-order valence-corrected chi connectivity index (χ2v) is 2.00. The van der Waals surface area contributed by atoms with Gasteiger partial charge >= 0.3 is 7.48 Å². The van der Waals surface area contributed by atoms with E-state index in [1.165, 1.54) is 0 Å². The number of hydrogen-bond donors (Lipinski definition) is 2. The zero-order chi connectivity index (χ0) is 7.40.